The van der Waals surface area contributed by atoms with E-state index in [0.29, 0.717) is 17.0 Å². The lowest BCUT2D eigenvalue weighted by Gasteiger charge is -2.20. The summed E-state index contributed by atoms with van der Waals surface area (Å²) in [7, 11) is 0. The van der Waals surface area contributed by atoms with Gasteiger partial charge in [0, 0.05) is 17.7 Å². The molecular weight excluding hydrogens is 418 g/mol. The summed E-state index contributed by atoms with van der Waals surface area (Å²) in [5, 5.41) is 26.3. The predicted octanol–water partition coefficient (Wildman–Crippen LogP) is 4.98. The van der Waals surface area contributed by atoms with Crippen LogP contribution in [0.15, 0.2) is 59.0 Å². The van der Waals surface area contributed by atoms with E-state index in [4.69, 9.17) is 16.6 Å². The molecule has 0 saturated carbocycles. The Labute approximate surface area is 184 Å². The van der Waals surface area contributed by atoms with Gasteiger partial charge >= 0.3 is 0 Å². The molecule has 0 bridgehead atoms. The van der Waals surface area contributed by atoms with E-state index in [1.54, 1.807) is 24.3 Å². The van der Waals surface area contributed by atoms with Crippen LogP contribution in [0, 0.1) is 10.1 Å². The summed E-state index contributed by atoms with van der Waals surface area (Å²) in [5.41, 5.74) is 1.61. The highest BCUT2D eigenvalue weighted by Gasteiger charge is 2.18. The lowest BCUT2D eigenvalue weighted by Crippen LogP contribution is -2.34. The molecule has 3 aromatic rings. The van der Waals surface area contributed by atoms with Crippen molar-refractivity contribution in [1.82, 2.24) is 5.32 Å². The first-order valence-electron chi connectivity index (χ1n) is 9.35. The number of thiocarbonyl (C=S) groups is 1. The van der Waals surface area contributed by atoms with Gasteiger partial charge in [-0.2, -0.15) is 0 Å². The molecular formula is C22H21N3O5S. The number of nitro benzene ring substituents is 1. The number of nitro groups is 1. The van der Waals surface area contributed by atoms with Crippen LogP contribution in [0.2, 0.25) is 0 Å². The van der Waals surface area contributed by atoms with Crippen molar-refractivity contribution in [3.05, 3.63) is 76.0 Å². The van der Waals surface area contributed by atoms with Gasteiger partial charge in [-0.3, -0.25) is 20.2 Å². The van der Waals surface area contributed by atoms with E-state index in [-0.39, 0.29) is 27.7 Å². The van der Waals surface area contributed by atoms with Crippen molar-refractivity contribution in [3.63, 3.8) is 0 Å². The maximum absolute atomic E-state index is 12.5. The second-order valence-electron chi connectivity index (χ2n) is 7.86. The summed E-state index contributed by atoms with van der Waals surface area (Å²) in [6.45, 7) is 6.12. The number of non-ortho nitro benzene ring substituents is 1. The van der Waals surface area contributed by atoms with Crippen LogP contribution in [0.3, 0.4) is 0 Å². The number of rotatable bonds is 4. The molecule has 0 aliphatic carbocycles. The molecule has 0 aliphatic heterocycles. The molecule has 1 heterocycles. The van der Waals surface area contributed by atoms with E-state index in [2.05, 4.69) is 10.6 Å². The molecule has 1 aromatic heterocycles. The molecule has 0 unspecified atom stereocenters. The zero-order valence-corrected chi connectivity index (χ0v) is 17.9. The number of nitrogens with zero attached hydrogens (tertiary/aromatic N) is 1. The summed E-state index contributed by atoms with van der Waals surface area (Å²) < 4.78 is 5.53. The van der Waals surface area contributed by atoms with Crippen LogP contribution >= 0.6 is 12.2 Å². The summed E-state index contributed by atoms with van der Waals surface area (Å²) in [6.07, 6.45) is 0. The quantitative estimate of drug-likeness (QED) is 0.227. The van der Waals surface area contributed by atoms with E-state index in [1.165, 1.54) is 24.3 Å². The number of anilines is 1. The van der Waals surface area contributed by atoms with Crippen molar-refractivity contribution < 1.29 is 19.2 Å². The maximum Gasteiger partial charge on any atom is 0.293 e. The van der Waals surface area contributed by atoms with Crippen molar-refractivity contribution in [2.24, 2.45) is 0 Å². The molecule has 160 valence electrons. The van der Waals surface area contributed by atoms with Crippen molar-refractivity contribution >= 4 is 34.6 Å². The van der Waals surface area contributed by atoms with Gasteiger partial charge in [0.25, 0.3) is 11.6 Å². The number of phenolic OH excluding ortho intramolecular Hbond substituents is 1. The van der Waals surface area contributed by atoms with Crippen molar-refractivity contribution in [3.8, 4) is 17.1 Å². The lowest BCUT2D eigenvalue weighted by molar-refractivity contribution is -0.384. The topological polar surface area (TPSA) is 118 Å². The van der Waals surface area contributed by atoms with Crippen LogP contribution in [0.1, 0.15) is 36.9 Å². The number of carbonyl (C=O) groups excluding carboxylic acids is 1. The zero-order valence-electron chi connectivity index (χ0n) is 17.1. The van der Waals surface area contributed by atoms with Gasteiger partial charge in [0.1, 0.15) is 11.5 Å². The van der Waals surface area contributed by atoms with Crippen LogP contribution in [0.25, 0.3) is 11.3 Å². The normalized spacial score (nSPS) is 11.1. The second kappa shape index (κ2) is 8.57. The summed E-state index contributed by atoms with van der Waals surface area (Å²) >= 11 is 5.18. The largest absolute Gasteiger partial charge is 0.506 e. The number of hydrogen-bond acceptors (Lipinski definition) is 6. The minimum atomic E-state index is -0.597. The molecule has 1 amide bonds. The molecule has 0 fully saturated rings. The molecule has 3 rings (SSSR count). The predicted molar refractivity (Wildman–Crippen MR) is 121 cm³/mol. The Balaban J connectivity index is 1.71. The number of phenols is 1. The fourth-order valence-electron chi connectivity index (χ4n) is 2.81. The van der Waals surface area contributed by atoms with E-state index in [9.17, 15) is 20.0 Å². The molecule has 0 saturated heterocycles. The minimum absolute atomic E-state index is 0.00412. The van der Waals surface area contributed by atoms with Gasteiger partial charge in [-0.05, 0) is 47.5 Å². The van der Waals surface area contributed by atoms with Crippen LogP contribution in [0.5, 0.6) is 5.75 Å². The Morgan fingerprint density at radius 2 is 1.87 bits per heavy atom. The second-order valence-corrected chi connectivity index (χ2v) is 8.27. The minimum Gasteiger partial charge on any atom is -0.506 e. The van der Waals surface area contributed by atoms with E-state index in [1.807, 2.05) is 26.8 Å². The Hall–Kier alpha value is -3.72. The number of carbonyl (C=O) groups is 1. The van der Waals surface area contributed by atoms with E-state index < -0.39 is 10.8 Å². The first kappa shape index (κ1) is 22.0. The average Bonchev–Trinajstić information content (AvgIpc) is 3.19. The lowest BCUT2D eigenvalue weighted by atomic mass is 9.87. The third-order valence-electron chi connectivity index (χ3n) is 4.51. The Kier molecular flexibility index (Phi) is 6.07. The SMILES string of the molecule is CC(C)(C)c1ccc(O)c(NC(=S)NC(=O)c2ccc(-c3cccc([N+](=O)[O-])c3)o2)c1. The highest BCUT2D eigenvalue weighted by atomic mass is 32.1. The van der Waals surface area contributed by atoms with E-state index >= 15 is 0 Å². The van der Waals surface area contributed by atoms with Gasteiger partial charge in [-0.15, -0.1) is 0 Å². The fourth-order valence-corrected chi connectivity index (χ4v) is 3.01. The third kappa shape index (κ3) is 5.26. The standard InChI is InChI=1S/C22H21N3O5S/c1-22(2,3)14-7-8-17(26)16(12-14)23-21(31)24-20(27)19-10-9-18(30-19)13-5-4-6-15(11-13)25(28)29/h4-12,26H,1-3H3,(H2,23,24,27,31). The highest BCUT2D eigenvalue weighted by molar-refractivity contribution is 7.80. The summed E-state index contributed by atoms with van der Waals surface area (Å²) in [5.74, 6) is -0.308. The Bertz CT molecular complexity index is 1160. The van der Waals surface area contributed by atoms with Gasteiger partial charge in [0.05, 0.1) is 10.6 Å². The van der Waals surface area contributed by atoms with Crippen LogP contribution in [-0.4, -0.2) is 21.0 Å². The molecule has 31 heavy (non-hydrogen) atoms. The zero-order chi connectivity index (χ0) is 22.8. The van der Waals surface area contributed by atoms with Gasteiger partial charge in [0.15, 0.2) is 10.9 Å². The monoisotopic (exact) mass is 439 g/mol. The van der Waals surface area contributed by atoms with Gasteiger partial charge in [-0.1, -0.05) is 39.0 Å². The first-order valence-corrected chi connectivity index (χ1v) is 9.76. The highest BCUT2D eigenvalue weighted by Crippen LogP contribution is 2.31. The molecule has 3 N–H and O–H groups in total. The summed E-state index contributed by atoms with van der Waals surface area (Å²) in [6, 6.07) is 14.0. The molecule has 9 heteroatoms. The smallest absolute Gasteiger partial charge is 0.293 e. The molecule has 0 radical (unpaired) electrons. The van der Waals surface area contributed by atoms with Gasteiger partial charge in [-0.25, -0.2) is 0 Å². The van der Waals surface area contributed by atoms with Gasteiger partial charge < -0.3 is 14.8 Å². The van der Waals surface area contributed by atoms with Crippen molar-refractivity contribution in [1.29, 1.82) is 0 Å². The third-order valence-corrected chi connectivity index (χ3v) is 4.71. The number of benzene rings is 2. The van der Waals surface area contributed by atoms with Crippen molar-refractivity contribution in [2.75, 3.05) is 5.32 Å². The van der Waals surface area contributed by atoms with Gasteiger partial charge in [0.2, 0.25) is 0 Å². The molecule has 8 nitrogen and oxygen atoms in total. The first-order chi connectivity index (χ1) is 14.5. The number of amides is 1. The van der Waals surface area contributed by atoms with Crippen molar-refractivity contribution in [2.45, 2.75) is 26.2 Å². The number of aromatic hydroxyl groups is 1. The van der Waals surface area contributed by atoms with Crippen LogP contribution in [-0.2, 0) is 5.41 Å². The number of nitrogens with one attached hydrogen (secondary N) is 2. The average molecular weight is 439 g/mol. The number of furan rings is 1. The molecule has 0 aliphatic rings. The maximum atomic E-state index is 12.5. The van der Waals surface area contributed by atoms with Crippen LogP contribution < -0.4 is 10.6 Å². The van der Waals surface area contributed by atoms with Crippen LogP contribution in [0.4, 0.5) is 11.4 Å². The van der Waals surface area contributed by atoms with E-state index in [0.717, 1.165) is 5.56 Å². The summed E-state index contributed by atoms with van der Waals surface area (Å²) in [4.78, 5) is 22.9. The fraction of sp³-hybridized carbons (Fsp3) is 0.182. The Morgan fingerprint density at radius 3 is 2.55 bits per heavy atom. The Morgan fingerprint density at radius 1 is 1.13 bits per heavy atom. The molecule has 2 aromatic carbocycles. The number of hydrogen-bond donors (Lipinski definition) is 3. The molecule has 0 atom stereocenters. The molecule has 0 spiro atoms.